The van der Waals surface area contributed by atoms with E-state index in [1.165, 1.54) is 18.2 Å². The molecule has 0 aliphatic heterocycles. The maximum Gasteiger partial charge on any atom is 0.573 e. The molecular formula is C16H18F3N3O2. The lowest BCUT2D eigenvalue weighted by Crippen LogP contribution is -2.19. The van der Waals surface area contributed by atoms with Crippen LogP contribution in [0.15, 0.2) is 24.3 Å². The Kier molecular flexibility index (Phi) is 5.16. The van der Waals surface area contributed by atoms with Crippen molar-refractivity contribution in [3.63, 3.8) is 0 Å². The van der Waals surface area contributed by atoms with Crippen molar-refractivity contribution < 1.29 is 22.7 Å². The van der Waals surface area contributed by atoms with Crippen LogP contribution in [0.1, 0.15) is 23.4 Å². The number of para-hydroxylation sites is 2. The minimum atomic E-state index is -4.81. The summed E-state index contributed by atoms with van der Waals surface area (Å²) in [4.78, 5) is 12.1. The van der Waals surface area contributed by atoms with Crippen LogP contribution in [0.2, 0.25) is 0 Å². The van der Waals surface area contributed by atoms with E-state index in [-0.39, 0.29) is 12.1 Å². The van der Waals surface area contributed by atoms with Crippen LogP contribution in [0.25, 0.3) is 0 Å². The third kappa shape index (κ3) is 4.50. The molecule has 0 aliphatic carbocycles. The summed E-state index contributed by atoms with van der Waals surface area (Å²) in [6, 6.07) is 5.44. The normalized spacial score (nSPS) is 11.4. The number of benzene rings is 1. The molecule has 0 unspecified atom stereocenters. The van der Waals surface area contributed by atoms with Crippen molar-refractivity contribution in [2.45, 2.75) is 33.1 Å². The lowest BCUT2D eigenvalue weighted by Gasteiger charge is -2.13. The molecule has 0 atom stereocenters. The first kappa shape index (κ1) is 17.8. The Labute approximate surface area is 137 Å². The maximum absolute atomic E-state index is 12.4. The Balaban J connectivity index is 2.03. The molecule has 1 heterocycles. The summed E-state index contributed by atoms with van der Waals surface area (Å²) < 4.78 is 42.8. The van der Waals surface area contributed by atoms with E-state index in [2.05, 4.69) is 15.2 Å². The summed E-state index contributed by atoms with van der Waals surface area (Å²) in [5.74, 6) is -0.831. The summed E-state index contributed by atoms with van der Waals surface area (Å²) in [6.07, 6.45) is -4.22. The Bertz CT molecular complexity index is 739. The molecule has 0 aliphatic rings. The van der Waals surface area contributed by atoms with Gasteiger partial charge in [-0.15, -0.1) is 13.2 Å². The number of nitrogens with zero attached hydrogens (tertiary/aromatic N) is 2. The zero-order valence-corrected chi connectivity index (χ0v) is 13.6. The van der Waals surface area contributed by atoms with Crippen LogP contribution in [0.4, 0.5) is 18.9 Å². The van der Waals surface area contributed by atoms with Gasteiger partial charge in [0.05, 0.1) is 11.4 Å². The van der Waals surface area contributed by atoms with Gasteiger partial charge in [0.1, 0.15) is 0 Å². The Morgan fingerprint density at radius 3 is 2.54 bits per heavy atom. The molecule has 1 amide bonds. The molecule has 8 heteroatoms. The summed E-state index contributed by atoms with van der Waals surface area (Å²) in [5.41, 5.74) is 2.75. The van der Waals surface area contributed by atoms with Gasteiger partial charge in [-0.25, -0.2) is 0 Å². The maximum atomic E-state index is 12.4. The Hall–Kier alpha value is -2.51. The molecule has 2 rings (SSSR count). The number of amides is 1. The van der Waals surface area contributed by atoms with Crippen molar-refractivity contribution in [2.75, 3.05) is 5.32 Å². The molecule has 0 spiro atoms. The van der Waals surface area contributed by atoms with Gasteiger partial charge in [0, 0.05) is 19.2 Å². The van der Waals surface area contributed by atoms with Crippen LogP contribution in [-0.4, -0.2) is 22.1 Å². The number of hydrogen-bond donors (Lipinski definition) is 1. The van der Waals surface area contributed by atoms with Gasteiger partial charge in [-0.2, -0.15) is 5.10 Å². The van der Waals surface area contributed by atoms with Gasteiger partial charge in [-0.05, 0) is 38.0 Å². The van der Waals surface area contributed by atoms with E-state index in [4.69, 9.17) is 0 Å². The van der Waals surface area contributed by atoms with E-state index < -0.39 is 18.0 Å². The highest BCUT2D eigenvalue weighted by molar-refractivity contribution is 5.92. The zero-order valence-electron chi connectivity index (χ0n) is 13.6. The van der Waals surface area contributed by atoms with Gasteiger partial charge in [-0.1, -0.05) is 12.1 Å². The highest BCUT2D eigenvalue weighted by atomic mass is 19.4. The quantitative estimate of drug-likeness (QED) is 0.905. The SMILES string of the molecule is Cc1nn(C)c(C)c1CCC(=O)Nc1ccccc1OC(F)(F)F. The minimum absolute atomic E-state index is 0.0144. The first-order chi connectivity index (χ1) is 11.2. The van der Waals surface area contributed by atoms with E-state index in [1.54, 1.807) is 4.68 Å². The van der Waals surface area contributed by atoms with Crippen molar-refractivity contribution in [1.29, 1.82) is 0 Å². The summed E-state index contributed by atoms with van der Waals surface area (Å²) in [7, 11) is 1.82. The van der Waals surface area contributed by atoms with Crippen molar-refractivity contribution in [1.82, 2.24) is 9.78 Å². The zero-order chi connectivity index (χ0) is 17.9. The smallest absolute Gasteiger partial charge is 0.404 e. The molecule has 24 heavy (non-hydrogen) atoms. The molecule has 0 saturated carbocycles. The fourth-order valence-electron chi connectivity index (χ4n) is 2.41. The van der Waals surface area contributed by atoms with Crippen LogP contribution >= 0.6 is 0 Å². The van der Waals surface area contributed by atoms with Crippen LogP contribution < -0.4 is 10.1 Å². The number of aromatic nitrogens is 2. The number of rotatable bonds is 5. The number of carbonyl (C=O) groups is 1. The van der Waals surface area contributed by atoms with Gasteiger partial charge in [-0.3, -0.25) is 9.48 Å². The van der Waals surface area contributed by atoms with Gasteiger partial charge >= 0.3 is 6.36 Å². The molecule has 1 aromatic heterocycles. The number of anilines is 1. The molecule has 0 bridgehead atoms. The Morgan fingerprint density at radius 2 is 1.96 bits per heavy atom. The van der Waals surface area contributed by atoms with E-state index >= 15 is 0 Å². The number of aryl methyl sites for hydroxylation is 2. The lowest BCUT2D eigenvalue weighted by molar-refractivity contribution is -0.274. The van der Waals surface area contributed by atoms with E-state index in [0.717, 1.165) is 23.0 Å². The predicted octanol–water partition coefficient (Wildman–Crippen LogP) is 3.51. The van der Waals surface area contributed by atoms with Crippen LogP contribution in [0, 0.1) is 13.8 Å². The fraction of sp³-hybridized carbons (Fsp3) is 0.375. The van der Waals surface area contributed by atoms with E-state index in [1.807, 2.05) is 20.9 Å². The first-order valence-corrected chi connectivity index (χ1v) is 7.31. The number of carbonyl (C=O) groups excluding carboxylic acids is 1. The highest BCUT2D eigenvalue weighted by Gasteiger charge is 2.32. The number of ether oxygens (including phenoxy) is 1. The predicted molar refractivity (Wildman–Crippen MR) is 82.8 cm³/mol. The summed E-state index contributed by atoms with van der Waals surface area (Å²) in [5, 5.41) is 6.72. The highest BCUT2D eigenvalue weighted by Crippen LogP contribution is 2.30. The fourth-order valence-corrected chi connectivity index (χ4v) is 2.41. The van der Waals surface area contributed by atoms with Crippen molar-refractivity contribution in [2.24, 2.45) is 7.05 Å². The van der Waals surface area contributed by atoms with Gasteiger partial charge in [0.2, 0.25) is 5.91 Å². The van der Waals surface area contributed by atoms with E-state index in [0.29, 0.717) is 6.42 Å². The average Bonchev–Trinajstić information content (AvgIpc) is 2.71. The molecule has 0 fully saturated rings. The molecule has 0 radical (unpaired) electrons. The van der Waals surface area contributed by atoms with Gasteiger partial charge in [0.25, 0.3) is 0 Å². The van der Waals surface area contributed by atoms with Crippen molar-refractivity contribution in [3.05, 3.63) is 41.2 Å². The molecule has 0 saturated heterocycles. The van der Waals surface area contributed by atoms with Crippen LogP contribution in [0.3, 0.4) is 0 Å². The lowest BCUT2D eigenvalue weighted by atomic mass is 10.1. The second kappa shape index (κ2) is 6.94. The molecule has 1 N–H and O–H groups in total. The van der Waals surface area contributed by atoms with Gasteiger partial charge in [0.15, 0.2) is 5.75 Å². The number of nitrogens with one attached hydrogen (secondary N) is 1. The first-order valence-electron chi connectivity index (χ1n) is 7.31. The Morgan fingerprint density at radius 1 is 1.29 bits per heavy atom. The third-order valence-corrected chi connectivity index (χ3v) is 3.65. The largest absolute Gasteiger partial charge is 0.573 e. The van der Waals surface area contributed by atoms with Crippen molar-refractivity contribution >= 4 is 11.6 Å². The minimum Gasteiger partial charge on any atom is -0.404 e. The van der Waals surface area contributed by atoms with Crippen LogP contribution in [0.5, 0.6) is 5.75 Å². The van der Waals surface area contributed by atoms with Gasteiger partial charge < -0.3 is 10.1 Å². The van der Waals surface area contributed by atoms with Crippen molar-refractivity contribution in [3.8, 4) is 5.75 Å². The number of hydrogen-bond acceptors (Lipinski definition) is 3. The van der Waals surface area contributed by atoms with Crippen LogP contribution in [-0.2, 0) is 18.3 Å². The molecule has 130 valence electrons. The average molecular weight is 341 g/mol. The summed E-state index contributed by atoms with van der Waals surface area (Å²) in [6.45, 7) is 3.76. The monoisotopic (exact) mass is 341 g/mol. The second-order valence-corrected chi connectivity index (χ2v) is 5.37. The van der Waals surface area contributed by atoms with E-state index in [9.17, 15) is 18.0 Å². The topological polar surface area (TPSA) is 56.2 Å². The number of halogens is 3. The standard InChI is InChI=1S/C16H18F3N3O2/c1-10-12(11(2)22(3)21-10)8-9-15(23)20-13-6-4-5-7-14(13)24-16(17,18)19/h4-7H,8-9H2,1-3H3,(H,20,23). The second-order valence-electron chi connectivity index (χ2n) is 5.37. The summed E-state index contributed by atoms with van der Waals surface area (Å²) >= 11 is 0. The third-order valence-electron chi connectivity index (χ3n) is 3.65. The molecule has 5 nitrogen and oxygen atoms in total. The molecule has 1 aromatic carbocycles. The number of alkyl halides is 3. The molecule has 2 aromatic rings. The molecular weight excluding hydrogens is 323 g/mol.